The predicted octanol–water partition coefficient (Wildman–Crippen LogP) is -1.18. The third-order valence-corrected chi connectivity index (χ3v) is 2.09. The number of benzene rings is 1. The zero-order valence-corrected chi connectivity index (χ0v) is 8.40. The minimum atomic E-state index is -1.15. The lowest BCUT2D eigenvalue weighted by molar-refractivity contribution is -0.430. The molecule has 5 heteroatoms. The average Bonchev–Trinajstić information content (AvgIpc) is 2.17. The van der Waals surface area contributed by atoms with Crippen LogP contribution < -0.4 is 15.6 Å². The Balaban J connectivity index is 2.90. The number of quaternary nitrogens is 1. The SMILES string of the molecule is COc1cc([C@H]([NH3+])CC(=O)[O-])ccc1O. The van der Waals surface area contributed by atoms with Crippen LogP contribution in [-0.4, -0.2) is 18.2 Å². The van der Waals surface area contributed by atoms with Gasteiger partial charge in [-0.05, 0) is 18.2 Å². The highest BCUT2D eigenvalue weighted by atomic mass is 16.5. The molecule has 0 aliphatic heterocycles. The molecule has 0 spiro atoms. The Morgan fingerprint density at radius 1 is 1.67 bits per heavy atom. The van der Waals surface area contributed by atoms with Gasteiger partial charge in [0, 0.05) is 18.0 Å². The van der Waals surface area contributed by atoms with Crippen molar-refractivity contribution in [3.05, 3.63) is 23.8 Å². The van der Waals surface area contributed by atoms with Crippen molar-refractivity contribution in [1.82, 2.24) is 0 Å². The molecular formula is C10H13NO4. The van der Waals surface area contributed by atoms with E-state index in [4.69, 9.17) is 4.74 Å². The number of phenolic OH excluding ortho intramolecular Hbond substituents is 1. The summed E-state index contributed by atoms with van der Waals surface area (Å²) >= 11 is 0. The number of rotatable bonds is 4. The molecule has 1 aromatic carbocycles. The van der Waals surface area contributed by atoms with E-state index in [0.29, 0.717) is 11.3 Å². The number of carbonyl (C=O) groups is 1. The van der Waals surface area contributed by atoms with E-state index in [1.165, 1.54) is 13.2 Å². The van der Waals surface area contributed by atoms with Gasteiger partial charge in [-0.15, -0.1) is 0 Å². The van der Waals surface area contributed by atoms with Gasteiger partial charge in [0.1, 0.15) is 6.04 Å². The number of hydrogen-bond donors (Lipinski definition) is 2. The highest BCUT2D eigenvalue weighted by Crippen LogP contribution is 2.28. The largest absolute Gasteiger partial charge is 0.550 e. The Hall–Kier alpha value is -1.75. The first-order chi connectivity index (χ1) is 7.04. The van der Waals surface area contributed by atoms with Crippen LogP contribution in [0.2, 0.25) is 0 Å². The third kappa shape index (κ3) is 2.85. The van der Waals surface area contributed by atoms with Crippen molar-refractivity contribution in [2.75, 3.05) is 7.11 Å². The van der Waals surface area contributed by atoms with Gasteiger partial charge in [0.15, 0.2) is 11.5 Å². The van der Waals surface area contributed by atoms with E-state index < -0.39 is 12.0 Å². The summed E-state index contributed by atoms with van der Waals surface area (Å²) in [4.78, 5) is 10.4. The third-order valence-electron chi connectivity index (χ3n) is 2.09. The van der Waals surface area contributed by atoms with Crippen LogP contribution in [0.15, 0.2) is 18.2 Å². The van der Waals surface area contributed by atoms with Gasteiger partial charge in [-0.25, -0.2) is 0 Å². The summed E-state index contributed by atoms with van der Waals surface area (Å²) in [6, 6.07) is 4.21. The van der Waals surface area contributed by atoms with Crippen LogP contribution in [0.3, 0.4) is 0 Å². The maximum atomic E-state index is 10.4. The molecule has 4 N–H and O–H groups in total. The monoisotopic (exact) mass is 211 g/mol. The molecule has 0 saturated heterocycles. The zero-order valence-electron chi connectivity index (χ0n) is 8.40. The molecule has 0 heterocycles. The van der Waals surface area contributed by atoms with Crippen LogP contribution in [0, 0.1) is 0 Å². The molecule has 1 rings (SSSR count). The maximum absolute atomic E-state index is 10.4. The van der Waals surface area contributed by atoms with Gasteiger partial charge < -0.3 is 25.5 Å². The predicted molar refractivity (Wildman–Crippen MR) is 49.9 cm³/mol. The molecule has 15 heavy (non-hydrogen) atoms. The Kier molecular flexibility index (Phi) is 3.51. The summed E-state index contributed by atoms with van der Waals surface area (Å²) in [5, 5.41) is 19.7. The molecule has 0 aliphatic carbocycles. The minimum absolute atomic E-state index is 0.0156. The van der Waals surface area contributed by atoms with Crippen molar-refractivity contribution in [1.29, 1.82) is 0 Å². The van der Waals surface area contributed by atoms with E-state index >= 15 is 0 Å². The van der Waals surface area contributed by atoms with Gasteiger partial charge in [-0.2, -0.15) is 0 Å². The lowest BCUT2D eigenvalue weighted by Gasteiger charge is -2.11. The second-order valence-corrected chi connectivity index (χ2v) is 3.20. The van der Waals surface area contributed by atoms with Crippen molar-refractivity contribution in [3.8, 4) is 11.5 Å². The first-order valence-corrected chi connectivity index (χ1v) is 4.44. The second kappa shape index (κ2) is 4.65. The van der Waals surface area contributed by atoms with Crippen molar-refractivity contribution in [2.45, 2.75) is 12.5 Å². The summed E-state index contributed by atoms with van der Waals surface area (Å²) < 4.78 is 4.90. The van der Waals surface area contributed by atoms with Crippen molar-refractivity contribution < 1.29 is 25.5 Å². The summed E-state index contributed by atoms with van der Waals surface area (Å²) in [5.41, 5.74) is 4.38. The fraction of sp³-hybridized carbons (Fsp3) is 0.300. The molecule has 0 aromatic heterocycles. The Bertz CT molecular complexity index is 364. The Morgan fingerprint density at radius 3 is 2.87 bits per heavy atom. The van der Waals surface area contributed by atoms with Gasteiger partial charge in [0.05, 0.1) is 7.11 Å². The highest BCUT2D eigenvalue weighted by molar-refractivity contribution is 5.65. The quantitative estimate of drug-likeness (QED) is 0.655. The van der Waals surface area contributed by atoms with E-state index in [0.717, 1.165) is 0 Å². The van der Waals surface area contributed by atoms with Gasteiger partial charge in [0.2, 0.25) is 0 Å². The summed E-state index contributed by atoms with van der Waals surface area (Å²) in [5.74, 6) is -0.830. The van der Waals surface area contributed by atoms with Crippen LogP contribution in [0.1, 0.15) is 18.0 Å². The summed E-state index contributed by atoms with van der Waals surface area (Å²) in [7, 11) is 1.43. The molecule has 0 unspecified atom stereocenters. The van der Waals surface area contributed by atoms with Gasteiger partial charge in [-0.1, -0.05) is 0 Å². The molecule has 0 aliphatic rings. The molecule has 0 radical (unpaired) electrons. The second-order valence-electron chi connectivity index (χ2n) is 3.20. The Labute approximate surface area is 87.1 Å². The fourth-order valence-corrected chi connectivity index (χ4v) is 1.27. The molecule has 5 nitrogen and oxygen atoms in total. The molecule has 82 valence electrons. The van der Waals surface area contributed by atoms with Gasteiger partial charge in [0.25, 0.3) is 0 Å². The molecule has 1 atom stereocenters. The normalized spacial score (nSPS) is 12.1. The van der Waals surface area contributed by atoms with Crippen LogP contribution in [-0.2, 0) is 4.79 Å². The first-order valence-electron chi connectivity index (χ1n) is 4.44. The molecule has 1 aromatic rings. The van der Waals surface area contributed by atoms with E-state index in [1.54, 1.807) is 12.1 Å². The van der Waals surface area contributed by atoms with Crippen molar-refractivity contribution in [3.63, 3.8) is 0 Å². The number of methoxy groups -OCH3 is 1. The average molecular weight is 211 g/mol. The zero-order chi connectivity index (χ0) is 11.4. The van der Waals surface area contributed by atoms with Gasteiger partial charge >= 0.3 is 0 Å². The molecule has 0 saturated carbocycles. The number of carbonyl (C=O) groups excluding carboxylic acids is 1. The molecule has 0 amide bonds. The van der Waals surface area contributed by atoms with Gasteiger partial charge in [-0.3, -0.25) is 0 Å². The Morgan fingerprint density at radius 2 is 2.33 bits per heavy atom. The van der Waals surface area contributed by atoms with Crippen LogP contribution in [0.4, 0.5) is 0 Å². The number of carboxylic acid groups (broad SMARTS) is 1. The molecule has 0 fully saturated rings. The van der Waals surface area contributed by atoms with Crippen LogP contribution in [0.5, 0.6) is 11.5 Å². The van der Waals surface area contributed by atoms with Crippen LogP contribution in [0.25, 0.3) is 0 Å². The summed E-state index contributed by atoms with van der Waals surface area (Å²) in [6.45, 7) is 0. The number of aromatic hydroxyl groups is 1. The maximum Gasteiger partial charge on any atom is 0.160 e. The standard InChI is InChI=1S/C10H13NO4/c1-15-9-4-6(2-3-8(9)12)7(11)5-10(13)14/h2-4,7,12H,5,11H2,1H3,(H,13,14)/t7-/m1/s1. The van der Waals surface area contributed by atoms with E-state index in [2.05, 4.69) is 5.73 Å². The smallest absolute Gasteiger partial charge is 0.160 e. The number of phenols is 1. The lowest BCUT2D eigenvalue weighted by Crippen LogP contribution is -2.55. The summed E-state index contributed by atoms with van der Waals surface area (Å²) in [6.07, 6.45) is -0.159. The van der Waals surface area contributed by atoms with Crippen molar-refractivity contribution >= 4 is 5.97 Å². The first kappa shape index (κ1) is 11.3. The fourth-order valence-electron chi connectivity index (χ4n) is 1.27. The molecule has 0 bridgehead atoms. The minimum Gasteiger partial charge on any atom is -0.550 e. The highest BCUT2D eigenvalue weighted by Gasteiger charge is 2.12. The van der Waals surface area contributed by atoms with Crippen molar-refractivity contribution in [2.24, 2.45) is 0 Å². The number of ether oxygens (including phenoxy) is 1. The van der Waals surface area contributed by atoms with E-state index in [9.17, 15) is 15.0 Å². The number of carboxylic acids is 1. The number of hydrogen-bond acceptors (Lipinski definition) is 4. The number of aliphatic carboxylic acids is 1. The lowest BCUT2D eigenvalue weighted by atomic mass is 10.0. The van der Waals surface area contributed by atoms with E-state index in [1.807, 2.05) is 0 Å². The van der Waals surface area contributed by atoms with Crippen LogP contribution >= 0.6 is 0 Å². The molecular weight excluding hydrogens is 198 g/mol. The van der Waals surface area contributed by atoms with E-state index in [-0.39, 0.29) is 12.2 Å². The topological polar surface area (TPSA) is 97.2 Å².